The Morgan fingerprint density at radius 2 is 1.94 bits per heavy atom. The van der Waals surface area contributed by atoms with Crippen molar-refractivity contribution >= 4 is 5.78 Å². The van der Waals surface area contributed by atoms with Gasteiger partial charge in [-0.25, -0.2) is 0 Å². The van der Waals surface area contributed by atoms with E-state index >= 15 is 0 Å². The van der Waals surface area contributed by atoms with Gasteiger partial charge < -0.3 is 14.6 Å². The number of benzene rings is 1. The van der Waals surface area contributed by atoms with Crippen LogP contribution in [-0.4, -0.2) is 28.9 Å². The normalized spacial score (nSPS) is 46.5. The highest BCUT2D eigenvalue weighted by Gasteiger charge is 2.78. The summed E-state index contributed by atoms with van der Waals surface area (Å²) in [5, 5.41) is 12.4. The maximum Gasteiger partial charge on any atom is 0.264 e. The first-order chi connectivity index (χ1) is 15.2. The lowest BCUT2D eigenvalue weighted by molar-refractivity contribution is -0.208. The Morgan fingerprint density at radius 3 is 2.66 bits per heavy atom. The third kappa shape index (κ3) is 2.43. The van der Waals surface area contributed by atoms with Gasteiger partial charge in [-0.15, -0.1) is 0 Å². The van der Waals surface area contributed by atoms with E-state index in [4.69, 9.17) is 9.47 Å². The van der Waals surface area contributed by atoms with Crippen LogP contribution in [0.5, 0.6) is 5.75 Å². The largest absolute Gasteiger partial charge is 0.457 e. The Balaban J connectivity index is 1.39. The van der Waals surface area contributed by atoms with Crippen LogP contribution in [0.25, 0.3) is 0 Å². The predicted octanol–water partition coefficient (Wildman–Crippen LogP) is 5.00. The molecule has 1 N–H and O–H groups in total. The molecule has 2 saturated carbocycles. The van der Waals surface area contributed by atoms with Crippen molar-refractivity contribution in [2.45, 2.75) is 57.8 Å². The molecule has 1 heterocycles. The Morgan fingerprint density at radius 1 is 1.19 bits per heavy atom. The second kappa shape index (κ2) is 6.45. The third-order valence-electron chi connectivity index (χ3n) is 9.54. The number of ketones is 1. The van der Waals surface area contributed by atoms with Crippen LogP contribution >= 0.6 is 0 Å². The lowest BCUT2D eigenvalue weighted by atomic mass is 9.51. The van der Waals surface area contributed by atoms with Crippen LogP contribution < -0.4 is 4.74 Å². The number of rotatable bonds is 3. The lowest BCUT2D eigenvalue weighted by Gasteiger charge is -2.54. The van der Waals surface area contributed by atoms with Crippen LogP contribution in [0.3, 0.4) is 0 Å². The molecule has 168 valence electrons. The fourth-order valence-electron chi connectivity index (χ4n) is 7.78. The minimum Gasteiger partial charge on any atom is -0.457 e. The molecule has 1 aliphatic heterocycles. The minimum atomic E-state index is -1.07. The summed E-state index contributed by atoms with van der Waals surface area (Å²) in [6, 6.07) is 9.72. The first kappa shape index (κ1) is 20.4. The number of hydrogen-bond donors (Lipinski definition) is 1. The zero-order chi connectivity index (χ0) is 22.4. The van der Waals surface area contributed by atoms with E-state index in [0.717, 1.165) is 31.4 Å². The number of ether oxygens (including phenoxy) is 2. The topological polar surface area (TPSA) is 59.1 Å². The van der Waals surface area contributed by atoms with Gasteiger partial charge in [0, 0.05) is 10.8 Å². The van der Waals surface area contributed by atoms with Gasteiger partial charge in [-0.3, -0.25) is 4.79 Å². The molecule has 32 heavy (non-hydrogen) atoms. The molecule has 0 radical (unpaired) electrons. The Kier molecular flexibility index (Phi) is 4.12. The minimum absolute atomic E-state index is 0.0599. The summed E-state index contributed by atoms with van der Waals surface area (Å²) in [5.41, 5.74) is 1.10. The van der Waals surface area contributed by atoms with Gasteiger partial charge in [-0.1, -0.05) is 55.3 Å². The smallest absolute Gasteiger partial charge is 0.264 e. The molecule has 1 saturated heterocycles. The first-order valence-electron chi connectivity index (χ1n) is 12.0. The van der Waals surface area contributed by atoms with Gasteiger partial charge in [0.2, 0.25) is 0 Å². The summed E-state index contributed by atoms with van der Waals surface area (Å²) in [4.78, 5) is 12.0. The molecular weight excluding hydrogens is 400 g/mol. The molecule has 5 aliphatic rings. The van der Waals surface area contributed by atoms with Gasteiger partial charge in [0.1, 0.15) is 18.0 Å². The molecule has 6 rings (SSSR count). The quantitative estimate of drug-likeness (QED) is 0.540. The summed E-state index contributed by atoms with van der Waals surface area (Å²) in [6.45, 7) is 7.09. The predicted molar refractivity (Wildman–Crippen MR) is 122 cm³/mol. The van der Waals surface area contributed by atoms with Crippen molar-refractivity contribution in [3.05, 3.63) is 65.8 Å². The second-order valence-electron chi connectivity index (χ2n) is 11.0. The van der Waals surface area contributed by atoms with Crippen LogP contribution in [-0.2, 0) is 9.53 Å². The molecule has 0 aromatic heterocycles. The monoisotopic (exact) mass is 432 g/mol. The third-order valence-corrected chi connectivity index (χ3v) is 9.54. The van der Waals surface area contributed by atoms with Crippen molar-refractivity contribution in [3.63, 3.8) is 0 Å². The van der Waals surface area contributed by atoms with Crippen molar-refractivity contribution in [1.29, 1.82) is 0 Å². The molecule has 1 aromatic rings. The van der Waals surface area contributed by atoms with E-state index in [9.17, 15) is 9.90 Å². The molecule has 7 atom stereocenters. The van der Waals surface area contributed by atoms with E-state index in [1.54, 1.807) is 6.08 Å². The van der Waals surface area contributed by atoms with Crippen LogP contribution in [0, 0.1) is 28.6 Å². The van der Waals surface area contributed by atoms with Gasteiger partial charge in [0.15, 0.2) is 5.78 Å². The molecule has 1 aromatic carbocycles. The van der Waals surface area contributed by atoms with Gasteiger partial charge in [-0.2, -0.15) is 0 Å². The number of carbonyl (C=O) groups excluding carboxylic acids is 1. The van der Waals surface area contributed by atoms with Crippen LogP contribution in [0.1, 0.15) is 46.5 Å². The van der Waals surface area contributed by atoms with E-state index in [2.05, 4.69) is 32.9 Å². The van der Waals surface area contributed by atoms with Gasteiger partial charge >= 0.3 is 0 Å². The van der Waals surface area contributed by atoms with Crippen molar-refractivity contribution in [3.8, 4) is 5.75 Å². The Hall–Kier alpha value is -2.17. The number of hydrogen-bond acceptors (Lipinski definition) is 4. The van der Waals surface area contributed by atoms with Crippen molar-refractivity contribution in [2.24, 2.45) is 28.6 Å². The van der Waals surface area contributed by atoms with Crippen LogP contribution in [0.15, 0.2) is 65.8 Å². The maximum atomic E-state index is 12.4. The number of aliphatic hydroxyl groups is 1. The lowest BCUT2D eigenvalue weighted by Crippen LogP contribution is -2.62. The van der Waals surface area contributed by atoms with Crippen molar-refractivity contribution in [2.75, 3.05) is 6.61 Å². The van der Waals surface area contributed by atoms with Crippen LogP contribution in [0.4, 0.5) is 0 Å². The van der Waals surface area contributed by atoms with E-state index in [-0.39, 0.29) is 22.5 Å². The fourth-order valence-corrected chi connectivity index (χ4v) is 7.78. The molecule has 4 heteroatoms. The summed E-state index contributed by atoms with van der Waals surface area (Å²) >= 11 is 0. The van der Waals surface area contributed by atoms with E-state index in [0.29, 0.717) is 18.4 Å². The SMILES string of the molecule is C[C@H]1C[C@H]2[C@@H]3CCC4=CC(=O)C=C[C@]4(C)C3=CC[C@]2(C)[C@@]1(O)[C@]1(Oc2ccccc2)CO1. The number of epoxide rings is 1. The molecule has 4 nitrogen and oxygen atoms in total. The molecule has 0 spiro atoms. The highest BCUT2D eigenvalue weighted by Crippen LogP contribution is 2.70. The zero-order valence-electron chi connectivity index (χ0n) is 19.1. The average Bonchev–Trinajstić information content (AvgIpc) is 3.52. The second-order valence-corrected chi connectivity index (χ2v) is 11.0. The standard InChI is InChI=1S/C28H32O4/c1-18-15-24-22-10-9-19-16-20(29)11-13-25(19,2)23(22)12-14-26(24,3)28(18,30)27(17-31-27)32-21-7-5-4-6-8-21/h4-8,11-13,16,18,22,24,30H,9-10,14-15,17H2,1-3H3/t18-,22+,24-,25-,26-,27+,28+/m0/s1. The summed E-state index contributed by atoms with van der Waals surface area (Å²) < 4.78 is 12.4. The highest BCUT2D eigenvalue weighted by molar-refractivity contribution is 6.01. The average molecular weight is 433 g/mol. The Bertz CT molecular complexity index is 1060. The number of para-hydroxylation sites is 1. The van der Waals surface area contributed by atoms with Crippen molar-refractivity contribution < 1.29 is 19.4 Å². The molecule has 0 unspecified atom stereocenters. The van der Waals surface area contributed by atoms with Crippen LogP contribution in [0.2, 0.25) is 0 Å². The highest BCUT2D eigenvalue weighted by atomic mass is 16.8. The van der Waals surface area contributed by atoms with E-state index in [1.807, 2.05) is 36.4 Å². The summed E-state index contributed by atoms with van der Waals surface area (Å²) in [7, 11) is 0. The fraction of sp³-hybridized carbons (Fsp3) is 0.536. The molecule has 0 bridgehead atoms. The van der Waals surface area contributed by atoms with Gasteiger partial charge in [0.05, 0.1) is 0 Å². The molecule has 0 amide bonds. The van der Waals surface area contributed by atoms with E-state index < -0.39 is 11.4 Å². The number of carbonyl (C=O) groups is 1. The maximum absolute atomic E-state index is 12.4. The van der Waals surface area contributed by atoms with Gasteiger partial charge in [0.25, 0.3) is 5.79 Å². The van der Waals surface area contributed by atoms with E-state index in [1.165, 1.54) is 11.1 Å². The molecular formula is C28H32O4. The number of allylic oxidation sites excluding steroid dienone is 6. The number of fused-ring (bicyclic) bond motifs is 5. The Labute approximate surface area is 190 Å². The first-order valence-corrected chi connectivity index (χ1v) is 12.0. The zero-order valence-corrected chi connectivity index (χ0v) is 19.1. The van der Waals surface area contributed by atoms with Crippen molar-refractivity contribution in [1.82, 2.24) is 0 Å². The molecule has 3 fully saturated rings. The van der Waals surface area contributed by atoms with Gasteiger partial charge in [-0.05, 0) is 74.6 Å². The summed E-state index contributed by atoms with van der Waals surface area (Å²) in [6.07, 6.45) is 11.8. The molecule has 4 aliphatic carbocycles. The summed E-state index contributed by atoms with van der Waals surface area (Å²) in [5.74, 6) is 0.673.